The minimum absolute atomic E-state index is 0.486. The number of anilines is 3. The second-order valence-electron chi connectivity index (χ2n) is 4.86. The number of allylic oxidation sites excluding steroid dienone is 2. The predicted molar refractivity (Wildman–Crippen MR) is 91.5 cm³/mol. The maximum Gasteiger partial charge on any atom is 0.231 e. The molecule has 1 aromatic heterocycles. The molecule has 0 atom stereocenters. The fourth-order valence-corrected chi connectivity index (χ4v) is 1.96. The largest absolute Gasteiger partial charge is 0.399 e. The van der Waals surface area contributed by atoms with Crippen molar-refractivity contribution in [2.45, 2.75) is 20.8 Å². The predicted octanol–water partition coefficient (Wildman–Crippen LogP) is 2.92. The lowest BCUT2D eigenvalue weighted by molar-refractivity contribution is 0.963. The molecular formula is C16H20N6. The fourth-order valence-electron chi connectivity index (χ4n) is 1.96. The number of aromatic nitrogens is 3. The van der Waals surface area contributed by atoms with Crippen molar-refractivity contribution in [1.82, 2.24) is 15.0 Å². The van der Waals surface area contributed by atoms with Crippen LogP contribution in [0, 0.1) is 13.8 Å². The summed E-state index contributed by atoms with van der Waals surface area (Å²) in [6, 6.07) is 5.67. The van der Waals surface area contributed by atoms with Gasteiger partial charge in [-0.3, -0.25) is 4.99 Å². The van der Waals surface area contributed by atoms with Crippen LogP contribution in [0.15, 0.2) is 29.3 Å². The van der Waals surface area contributed by atoms with Gasteiger partial charge in [-0.2, -0.15) is 9.97 Å². The van der Waals surface area contributed by atoms with Gasteiger partial charge in [-0.05, 0) is 38.5 Å². The number of aryl methyl sites for hydroxylation is 2. The molecule has 6 heteroatoms. The minimum atomic E-state index is 0.486. The highest BCUT2D eigenvalue weighted by Crippen LogP contribution is 2.21. The lowest BCUT2D eigenvalue weighted by atomic mass is 10.2. The molecule has 1 aromatic carbocycles. The fraction of sp³-hybridized carbons (Fsp3) is 0.250. The Bertz CT molecular complexity index is 733. The second kappa shape index (κ2) is 6.80. The van der Waals surface area contributed by atoms with Crippen molar-refractivity contribution < 1.29 is 0 Å². The Balaban J connectivity index is 2.40. The van der Waals surface area contributed by atoms with Crippen LogP contribution in [0.25, 0.3) is 5.57 Å². The zero-order valence-corrected chi connectivity index (χ0v) is 13.3. The third kappa shape index (κ3) is 3.66. The number of rotatable bonds is 4. The standard InChI is InChI=1S/C16H20N6/c1-5-12(9-18-4)15-19-11(3)20-16(22-15)21-14-8-13(17)7-6-10(14)2/h5-9H,17H2,1-4H3,(H,19,20,21,22). The monoisotopic (exact) mass is 296 g/mol. The Labute approximate surface area is 130 Å². The van der Waals surface area contributed by atoms with E-state index < -0.39 is 0 Å². The summed E-state index contributed by atoms with van der Waals surface area (Å²) in [7, 11) is 1.72. The Kier molecular flexibility index (Phi) is 4.83. The molecule has 0 aliphatic heterocycles. The molecule has 2 rings (SSSR count). The Morgan fingerprint density at radius 3 is 2.68 bits per heavy atom. The number of hydrogen-bond acceptors (Lipinski definition) is 6. The van der Waals surface area contributed by atoms with Gasteiger partial charge in [-0.1, -0.05) is 12.1 Å². The second-order valence-corrected chi connectivity index (χ2v) is 4.86. The molecule has 0 fully saturated rings. The van der Waals surface area contributed by atoms with Gasteiger partial charge in [0.2, 0.25) is 5.95 Å². The first kappa shape index (κ1) is 15.6. The van der Waals surface area contributed by atoms with Crippen LogP contribution in [0.5, 0.6) is 0 Å². The topological polar surface area (TPSA) is 89.1 Å². The summed E-state index contributed by atoms with van der Waals surface area (Å²) in [6.07, 6.45) is 3.64. The molecule has 0 radical (unpaired) electrons. The SMILES string of the molecule is CC=C(C=NC)c1nc(C)nc(Nc2cc(N)ccc2C)n1. The first-order valence-corrected chi connectivity index (χ1v) is 6.98. The average molecular weight is 296 g/mol. The van der Waals surface area contributed by atoms with Crippen LogP contribution in [0.4, 0.5) is 17.3 Å². The number of nitrogen functional groups attached to an aromatic ring is 1. The molecule has 0 saturated heterocycles. The van der Waals surface area contributed by atoms with Crippen molar-refractivity contribution in [2.24, 2.45) is 4.99 Å². The Morgan fingerprint density at radius 2 is 2.00 bits per heavy atom. The maximum absolute atomic E-state index is 5.83. The number of hydrogen-bond donors (Lipinski definition) is 2. The number of benzene rings is 1. The number of nitrogens with zero attached hydrogens (tertiary/aromatic N) is 4. The summed E-state index contributed by atoms with van der Waals surface area (Å²) in [5.74, 6) is 1.71. The van der Waals surface area contributed by atoms with Gasteiger partial charge in [0.1, 0.15) is 5.82 Å². The highest BCUT2D eigenvalue weighted by molar-refractivity contribution is 6.08. The molecule has 3 N–H and O–H groups in total. The zero-order chi connectivity index (χ0) is 16.1. The van der Waals surface area contributed by atoms with Crippen molar-refractivity contribution in [3.05, 3.63) is 41.5 Å². The van der Waals surface area contributed by atoms with Crippen molar-refractivity contribution in [3.63, 3.8) is 0 Å². The van der Waals surface area contributed by atoms with E-state index in [2.05, 4.69) is 25.3 Å². The van der Waals surface area contributed by atoms with Gasteiger partial charge >= 0.3 is 0 Å². The molecule has 0 saturated carbocycles. The maximum atomic E-state index is 5.83. The lowest BCUT2D eigenvalue weighted by Crippen LogP contribution is -2.06. The summed E-state index contributed by atoms with van der Waals surface area (Å²) >= 11 is 0. The quantitative estimate of drug-likeness (QED) is 0.669. The highest BCUT2D eigenvalue weighted by Gasteiger charge is 2.08. The summed E-state index contributed by atoms with van der Waals surface area (Å²) in [6.45, 7) is 5.75. The Morgan fingerprint density at radius 1 is 1.23 bits per heavy atom. The molecule has 0 amide bonds. The molecule has 1 heterocycles. The van der Waals surface area contributed by atoms with Gasteiger partial charge in [0.25, 0.3) is 0 Å². The average Bonchev–Trinajstić information content (AvgIpc) is 2.48. The van der Waals surface area contributed by atoms with Gasteiger partial charge in [0, 0.05) is 30.2 Å². The van der Waals surface area contributed by atoms with Gasteiger partial charge in [0.05, 0.1) is 0 Å². The van der Waals surface area contributed by atoms with Crippen LogP contribution in [0.2, 0.25) is 0 Å². The van der Waals surface area contributed by atoms with Gasteiger partial charge in [-0.15, -0.1) is 0 Å². The van der Waals surface area contributed by atoms with E-state index in [1.54, 1.807) is 13.3 Å². The van der Waals surface area contributed by atoms with E-state index in [9.17, 15) is 0 Å². The molecular weight excluding hydrogens is 276 g/mol. The molecule has 0 bridgehead atoms. The van der Waals surface area contributed by atoms with Crippen LogP contribution in [0.3, 0.4) is 0 Å². The van der Waals surface area contributed by atoms with Crippen LogP contribution in [-0.2, 0) is 0 Å². The molecule has 0 aliphatic rings. The van der Waals surface area contributed by atoms with E-state index in [1.165, 1.54) is 0 Å². The summed E-state index contributed by atoms with van der Waals surface area (Å²) in [5, 5.41) is 3.20. The van der Waals surface area contributed by atoms with Crippen molar-refractivity contribution in [1.29, 1.82) is 0 Å². The van der Waals surface area contributed by atoms with Gasteiger partial charge in [-0.25, -0.2) is 4.98 Å². The molecule has 114 valence electrons. The normalized spacial score (nSPS) is 11.9. The van der Waals surface area contributed by atoms with Crippen molar-refractivity contribution in [3.8, 4) is 0 Å². The van der Waals surface area contributed by atoms with Gasteiger partial charge in [0.15, 0.2) is 5.82 Å². The number of nitrogens with one attached hydrogen (secondary N) is 1. The van der Waals surface area contributed by atoms with Crippen LogP contribution in [0.1, 0.15) is 24.1 Å². The number of nitrogens with two attached hydrogens (primary N) is 1. The smallest absolute Gasteiger partial charge is 0.231 e. The molecule has 0 aliphatic carbocycles. The van der Waals surface area contributed by atoms with E-state index in [1.807, 2.05) is 45.0 Å². The third-order valence-electron chi connectivity index (χ3n) is 3.09. The van der Waals surface area contributed by atoms with Crippen LogP contribution in [-0.4, -0.2) is 28.2 Å². The van der Waals surface area contributed by atoms with E-state index >= 15 is 0 Å². The van der Waals surface area contributed by atoms with Crippen molar-refractivity contribution in [2.75, 3.05) is 18.1 Å². The molecule has 22 heavy (non-hydrogen) atoms. The summed E-state index contributed by atoms with van der Waals surface area (Å²) in [4.78, 5) is 17.2. The van der Waals surface area contributed by atoms with Crippen LogP contribution < -0.4 is 11.1 Å². The van der Waals surface area contributed by atoms with E-state index in [4.69, 9.17) is 5.73 Å². The molecule has 0 spiro atoms. The van der Waals surface area contributed by atoms with Gasteiger partial charge < -0.3 is 11.1 Å². The van der Waals surface area contributed by atoms with E-state index in [0.717, 1.165) is 16.8 Å². The van der Waals surface area contributed by atoms with Crippen LogP contribution >= 0.6 is 0 Å². The van der Waals surface area contributed by atoms with E-state index in [0.29, 0.717) is 23.3 Å². The first-order valence-electron chi connectivity index (χ1n) is 6.98. The molecule has 0 unspecified atom stereocenters. The molecule has 2 aromatic rings. The van der Waals surface area contributed by atoms with E-state index in [-0.39, 0.29) is 0 Å². The van der Waals surface area contributed by atoms with Crippen molar-refractivity contribution >= 4 is 29.1 Å². The lowest BCUT2D eigenvalue weighted by Gasteiger charge is -2.10. The third-order valence-corrected chi connectivity index (χ3v) is 3.09. The zero-order valence-electron chi connectivity index (χ0n) is 13.3. The number of aliphatic imine (C=N–C) groups is 1. The molecule has 6 nitrogen and oxygen atoms in total. The minimum Gasteiger partial charge on any atom is -0.399 e. The highest BCUT2D eigenvalue weighted by atomic mass is 15.2. The first-order chi connectivity index (χ1) is 10.5. The summed E-state index contributed by atoms with van der Waals surface area (Å²) in [5.41, 5.74) is 9.31. The Hall–Kier alpha value is -2.76. The summed E-state index contributed by atoms with van der Waals surface area (Å²) < 4.78 is 0.